The Morgan fingerprint density at radius 1 is 1.06 bits per heavy atom. The number of nitrogens with zero attached hydrogens (tertiary/aromatic N) is 2. The Morgan fingerprint density at radius 3 is 2.41 bits per heavy atom. The van der Waals surface area contributed by atoms with Crippen molar-refractivity contribution in [1.82, 2.24) is 15.1 Å². The van der Waals surface area contributed by atoms with E-state index in [1.165, 1.54) is 38.8 Å². The molecule has 2 unspecified atom stereocenters. The molecule has 0 heterocycles. The highest BCUT2D eigenvalue weighted by Gasteiger charge is 2.24. The average molecular weight is 241 g/mol. The minimum atomic E-state index is 0.760. The number of hydrogen-bond donors (Lipinski definition) is 1. The van der Waals surface area contributed by atoms with Gasteiger partial charge in [-0.05, 0) is 46.4 Å². The van der Waals surface area contributed by atoms with Gasteiger partial charge < -0.3 is 15.1 Å². The van der Waals surface area contributed by atoms with Gasteiger partial charge in [-0.2, -0.15) is 0 Å². The molecule has 1 aliphatic rings. The summed E-state index contributed by atoms with van der Waals surface area (Å²) in [7, 11) is 6.56. The first-order valence-electron chi connectivity index (χ1n) is 7.20. The van der Waals surface area contributed by atoms with E-state index < -0.39 is 0 Å². The van der Waals surface area contributed by atoms with Crippen molar-refractivity contribution in [2.75, 3.05) is 47.3 Å². The van der Waals surface area contributed by atoms with Gasteiger partial charge >= 0.3 is 0 Å². The molecule has 1 aliphatic carbocycles. The molecule has 17 heavy (non-hydrogen) atoms. The smallest absolute Gasteiger partial charge is 0.0107 e. The highest BCUT2D eigenvalue weighted by atomic mass is 15.2. The molecule has 2 atom stereocenters. The normalized spacial score (nSPS) is 25.8. The van der Waals surface area contributed by atoms with E-state index in [4.69, 9.17) is 0 Å². The molecule has 0 saturated heterocycles. The first kappa shape index (κ1) is 14.9. The molecule has 0 aromatic rings. The number of rotatable bonds is 7. The van der Waals surface area contributed by atoms with Crippen LogP contribution in [0.1, 0.15) is 32.6 Å². The van der Waals surface area contributed by atoms with Crippen molar-refractivity contribution in [3.8, 4) is 0 Å². The second-order valence-corrected chi connectivity index (χ2v) is 5.77. The summed E-state index contributed by atoms with van der Waals surface area (Å²) in [6.07, 6.45) is 5.62. The molecule has 0 radical (unpaired) electrons. The lowest BCUT2D eigenvalue weighted by Gasteiger charge is -2.35. The molecular formula is C14H31N3. The van der Waals surface area contributed by atoms with Crippen LogP contribution in [0.5, 0.6) is 0 Å². The Labute approximate surface area is 108 Å². The zero-order valence-corrected chi connectivity index (χ0v) is 12.2. The highest BCUT2D eigenvalue weighted by Crippen LogP contribution is 2.24. The van der Waals surface area contributed by atoms with Crippen LogP contribution in [-0.4, -0.2) is 63.2 Å². The van der Waals surface area contributed by atoms with Crippen LogP contribution in [0.4, 0.5) is 0 Å². The van der Waals surface area contributed by atoms with Crippen molar-refractivity contribution in [2.45, 2.75) is 38.6 Å². The van der Waals surface area contributed by atoms with Gasteiger partial charge in [-0.3, -0.25) is 0 Å². The summed E-state index contributed by atoms with van der Waals surface area (Å²) in [6.45, 7) is 6.94. The Hall–Kier alpha value is -0.120. The number of hydrogen-bond acceptors (Lipinski definition) is 3. The SMILES string of the molecule is CCNC1CCCCC1CN(C)CCN(C)C. The van der Waals surface area contributed by atoms with Gasteiger partial charge in [-0.15, -0.1) is 0 Å². The standard InChI is InChI=1S/C14H31N3/c1-5-15-14-9-7-6-8-13(14)12-17(4)11-10-16(2)3/h13-15H,5-12H2,1-4H3. The van der Waals surface area contributed by atoms with Crippen LogP contribution >= 0.6 is 0 Å². The monoisotopic (exact) mass is 241 g/mol. The third kappa shape index (κ3) is 5.84. The van der Waals surface area contributed by atoms with Gasteiger partial charge in [0.1, 0.15) is 0 Å². The van der Waals surface area contributed by atoms with Crippen molar-refractivity contribution in [3.63, 3.8) is 0 Å². The molecule has 0 aromatic heterocycles. The fourth-order valence-corrected chi connectivity index (χ4v) is 2.82. The van der Waals surface area contributed by atoms with Crippen molar-refractivity contribution in [1.29, 1.82) is 0 Å². The van der Waals surface area contributed by atoms with Crippen LogP contribution in [0.2, 0.25) is 0 Å². The Bertz CT molecular complexity index is 192. The topological polar surface area (TPSA) is 18.5 Å². The van der Waals surface area contributed by atoms with Crippen LogP contribution in [0.3, 0.4) is 0 Å². The van der Waals surface area contributed by atoms with E-state index in [0.29, 0.717) is 0 Å². The van der Waals surface area contributed by atoms with Gasteiger partial charge in [0.2, 0.25) is 0 Å². The van der Waals surface area contributed by atoms with Gasteiger partial charge in [-0.25, -0.2) is 0 Å². The van der Waals surface area contributed by atoms with Gasteiger partial charge in [0.25, 0.3) is 0 Å². The Balaban J connectivity index is 2.30. The maximum absolute atomic E-state index is 3.67. The summed E-state index contributed by atoms with van der Waals surface area (Å²) in [5.74, 6) is 0.857. The van der Waals surface area contributed by atoms with Crippen LogP contribution in [-0.2, 0) is 0 Å². The molecule has 0 aliphatic heterocycles. The molecule has 0 amide bonds. The number of likely N-dealkylation sites (N-methyl/N-ethyl adjacent to an activating group) is 2. The summed E-state index contributed by atoms with van der Waals surface area (Å²) in [5, 5.41) is 3.67. The van der Waals surface area contributed by atoms with Gasteiger partial charge in [0.05, 0.1) is 0 Å². The molecule has 102 valence electrons. The fourth-order valence-electron chi connectivity index (χ4n) is 2.82. The van der Waals surface area contributed by atoms with Crippen molar-refractivity contribution in [3.05, 3.63) is 0 Å². The molecule has 3 heteroatoms. The molecule has 1 N–H and O–H groups in total. The second kappa shape index (κ2) is 8.06. The molecule has 0 aromatic carbocycles. The summed E-state index contributed by atoms with van der Waals surface area (Å²) in [5.41, 5.74) is 0. The maximum atomic E-state index is 3.67. The minimum Gasteiger partial charge on any atom is -0.314 e. The lowest BCUT2D eigenvalue weighted by atomic mass is 9.84. The van der Waals surface area contributed by atoms with Gasteiger partial charge in [-0.1, -0.05) is 19.8 Å². The maximum Gasteiger partial charge on any atom is 0.0107 e. The summed E-state index contributed by atoms with van der Waals surface area (Å²) in [6, 6.07) is 0.760. The molecule has 1 rings (SSSR count). The molecule has 3 nitrogen and oxygen atoms in total. The third-order valence-corrected chi connectivity index (χ3v) is 3.85. The molecule has 1 saturated carbocycles. The van der Waals surface area contributed by atoms with Crippen molar-refractivity contribution >= 4 is 0 Å². The predicted octanol–water partition coefficient (Wildman–Crippen LogP) is 1.65. The van der Waals surface area contributed by atoms with E-state index in [1.54, 1.807) is 0 Å². The van der Waals surface area contributed by atoms with Crippen LogP contribution in [0.25, 0.3) is 0 Å². The van der Waals surface area contributed by atoms with Gasteiger partial charge in [0, 0.05) is 25.7 Å². The number of nitrogens with one attached hydrogen (secondary N) is 1. The van der Waals surface area contributed by atoms with E-state index in [9.17, 15) is 0 Å². The third-order valence-electron chi connectivity index (χ3n) is 3.85. The second-order valence-electron chi connectivity index (χ2n) is 5.77. The van der Waals surface area contributed by atoms with E-state index in [0.717, 1.165) is 25.0 Å². The van der Waals surface area contributed by atoms with Crippen LogP contribution < -0.4 is 5.32 Å². The van der Waals surface area contributed by atoms with Gasteiger partial charge in [0.15, 0.2) is 0 Å². The summed E-state index contributed by atoms with van der Waals surface area (Å²) >= 11 is 0. The lowest BCUT2D eigenvalue weighted by Crippen LogP contribution is -2.44. The summed E-state index contributed by atoms with van der Waals surface area (Å²) in [4.78, 5) is 4.76. The lowest BCUT2D eigenvalue weighted by molar-refractivity contribution is 0.181. The quantitative estimate of drug-likeness (QED) is 0.731. The molecule has 1 fully saturated rings. The van der Waals surface area contributed by atoms with Crippen LogP contribution in [0, 0.1) is 5.92 Å². The zero-order chi connectivity index (χ0) is 12.7. The Morgan fingerprint density at radius 2 is 1.76 bits per heavy atom. The van der Waals surface area contributed by atoms with E-state index in [-0.39, 0.29) is 0 Å². The molecule has 0 spiro atoms. The summed E-state index contributed by atoms with van der Waals surface area (Å²) < 4.78 is 0. The molecular weight excluding hydrogens is 210 g/mol. The zero-order valence-electron chi connectivity index (χ0n) is 12.2. The van der Waals surface area contributed by atoms with Crippen LogP contribution in [0.15, 0.2) is 0 Å². The first-order valence-corrected chi connectivity index (χ1v) is 7.20. The predicted molar refractivity (Wildman–Crippen MR) is 75.5 cm³/mol. The van der Waals surface area contributed by atoms with E-state index in [2.05, 4.69) is 43.2 Å². The van der Waals surface area contributed by atoms with E-state index in [1.807, 2.05) is 0 Å². The highest BCUT2D eigenvalue weighted by molar-refractivity contribution is 4.82. The fraction of sp³-hybridized carbons (Fsp3) is 1.00. The average Bonchev–Trinajstić information content (AvgIpc) is 2.29. The minimum absolute atomic E-state index is 0.760. The van der Waals surface area contributed by atoms with E-state index >= 15 is 0 Å². The van der Waals surface area contributed by atoms with Crippen molar-refractivity contribution < 1.29 is 0 Å². The first-order chi connectivity index (χ1) is 8.13. The molecule has 0 bridgehead atoms. The van der Waals surface area contributed by atoms with Crippen molar-refractivity contribution in [2.24, 2.45) is 5.92 Å². The Kier molecular flexibility index (Phi) is 7.09. The largest absolute Gasteiger partial charge is 0.314 e.